The standard InChI is InChI=1S/C18H19N3O2/c1-19-8-10-20(11-9-19)16(22)12-21-15-7-3-5-13-4-2-6-14(17(13)15)18(21)23/h2-7H,8-12H2,1H3. The van der Waals surface area contributed by atoms with E-state index in [9.17, 15) is 9.59 Å². The van der Waals surface area contributed by atoms with E-state index in [1.165, 1.54) is 0 Å². The van der Waals surface area contributed by atoms with Crippen LogP contribution in [0.1, 0.15) is 10.4 Å². The Morgan fingerprint density at radius 2 is 1.74 bits per heavy atom. The lowest BCUT2D eigenvalue weighted by atomic mass is 10.1. The van der Waals surface area contributed by atoms with E-state index in [-0.39, 0.29) is 18.4 Å². The summed E-state index contributed by atoms with van der Waals surface area (Å²) < 4.78 is 0. The third-order valence-electron chi connectivity index (χ3n) is 4.80. The molecule has 0 spiro atoms. The zero-order valence-electron chi connectivity index (χ0n) is 13.2. The molecule has 2 aromatic rings. The van der Waals surface area contributed by atoms with Gasteiger partial charge in [0.1, 0.15) is 6.54 Å². The molecule has 0 aliphatic carbocycles. The second-order valence-electron chi connectivity index (χ2n) is 6.26. The molecule has 0 N–H and O–H groups in total. The molecule has 4 rings (SSSR count). The number of benzene rings is 2. The average Bonchev–Trinajstić information content (AvgIpc) is 2.84. The van der Waals surface area contributed by atoms with Crippen molar-refractivity contribution in [2.75, 3.05) is 44.7 Å². The quantitative estimate of drug-likeness (QED) is 0.846. The van der Waals surface area contributed by atoms with Gasteiger partial charge >= 0.3 is 0 Å². The summed E-state index contributed by atoms with van der Waals surface area (Å²) in [5.41, 5.74) is 1.55. The van der Waals surface area contributed by atoms with Crippen molar-refractivity contribution < 1.29 is 9.59 Å². The van der Waals surface area contributed by atoms with Crippen LogP contribution in [0.5, 0.6) is 0 Å². The fourth-order valence-corrected chi connectivity index (χ4v) is 3.43. The number of hydrogen-bond donors (Lipinski definition) is 0. The van der Waals surface area contributed by atoms with E-state index in [1.54, 1.807) is 4.90 Å². The molecule has 23 heavy (non-hydrogen) atoms. The van der Waals surface area contributed by atoms with Crippen LogP contribution in [0.25, 0.3) is 10.8 Å². The number of nitrogens with zero attached hydrogens (tertiary/aromatic N) is 3. The van der Waals surface area contributed by atoms with E-state index in [0.29, 0.717) is 5.56 Å². The van der Waals surface area contributed by atoms with E-state index in [2.05, 4.69) is 11.9 Å². The first kappa shape index (κ1) is 14.2. The molecule has 0 atom stereocenters. The number of piperazine rings is 1. The summed E-state index contributed by atoms with van der Waals surface area (Å²) in [4.78, 5) is 31.0. The Morgan fingerprint density at radius 3 is 2.48 bits per heavy atom. The third-order valence-corrected chi connectivity index (χ3v) is 4.80. The van der Waals surface area contributed by atoms with Crippen LogP contribution in [-0.2, 0) is 4.79 Å². The molecule has 118 valence electrons. The Hall–Kier alpha value is -2.40. The Labute approximate surface area is 135 Å². The van der Waals surface area contributed by atoms with Gasteiger partial charge in [-0.3, -0.25) is 14.5 Å². The van der Waals surface area contributed by atoms with Crippen molar-refractivity contribution in [2.24, 2.45) is 0 Å². The molecule has 2 aliphatic rings. The first-order valence-corrected chi connectivity index (χ1v) is 7.95. The van der Waals surface area contributed by atoms with Gasteiger partial charge in [0.15, 0.2) is 0 Å². The van der Waals surface area contributed by atoms with Crippen LogP contribution in [0.2, 0.25) is 0 Å². The molecule has 0 bridgehead atoms. The van der Waals surface area contributed by atoms with Gasteiger partial charge in [-0.25, -0.2) is 0 Å². The molecule has 1 saturated heterocycles. The molecule has 0 unspecified atom stereocenters. The highest BCUT2D eigenvalue weighted by Gasteiger charge is 2.32. The molecule has 0 radical (unpaired) electrons. The number of likely N-dealkylation sites (N-methyl/N-ethyl adjacent to an activating group) is 1. The monoisotopic (exact) mass is 309 g/mol. The molecule has 2 aliphatic heterocycles. The second-order valence-corrected chi connectivity index (χ2v) is 6.26. The number of carbonyl (C=O) groups excluding carboxylic acids is 2. The zero-order valence-corrected chi connectivity index (χ0v) is 13.2. The molecule has 2 amide bonds. The lowest BCUT2D eigenvalue weighted by molar-refractivity contribution is -0.131. The van der Waals surface area contributed by atoms with Crippen LogP contribution in [0.4, 0.5) is 5.69 Å². The Morgan fingerprint density at radius 1 is 1.04 bits per heavy atom. The van der Waals surface area contributed by atoms with E-state index < -0.39 is 0 Å². The van der Waals surface area contributed by atoms with Crippen LogP contribution in [0.15, 0.2) is 36.4 Å². The van der Waals surface area contributed by atoms with Crippen molar-refractivity contribution in [1.82, 2.24) is 9.80 Å². The van der Waals surface area contributed by atoms with Crippen LogP contribution < -0.4 is 4.90 Å². The van der Waals surface area contributed by atoms with Crippen molar-refractivity contribution in [3.8, 4) is 0 Å². The zero-order chi connectivity index (χ0) is 16.0. The maximum Gasteiger partial charge on any atom is 0.259 e. The maximum atomic E-state index is 12.7. The smallest absolute Gasteiger partial charge is 0.259 e. The van der Waals surface area contributed by atoms with Crippen LogP contribution in [-0.4, -0.2) is 61.4 Å². The van der Waals surface area contributed by atoms with Gasteiger partial charge in [0.2, 0.25) is 5.91 Å². The summed E-state index contributed by atoms with van der Waals surface area (Å²) in [6.07, 6.45) is 0. The number of hydrogen-bond acceptors (Lipinski definition) is 3. The summed E-state index contributed by atoms with van der Waals surface area (Å²) in [5.74, 6) is -0.0458. The Bertz CT molecular complexity index is 789. The molecule has 0 aromatic heterocycles. The SMILES string of the molecule is CN1CCN(C(=O)CN2C(=O)c3cccc4cccc2c34)CC1. The van der Waals surface area contributed by atoms with Gasteiger partial charge in [0.25, 0.3) is 5.91 Å². The minimum absolute atomic E-state index is 0.0243. The normalized spacial score (nSPS) is 18.0. The molecular weight excluding hydrogens is 290 g/mol. The van der Waals surface area contributed by atoms with Gasteiger partial charge in [0, 0.05) is 37.1 Å². The predicted molar refractivity (Wildman–Crippen MR) is 89.7 cm³/mol. The summed E-state index contributed by atoms with van der Waals surface area (Å²) in [6.45, 7) is 3.35. The lowest BCUT2D eigenvalue weighted by Gasteiger charge is -2.33. The Balaban J connectivity index is 1.60. The van der Waals surface area contributed by atoms with Crippen molar-refractivity contribution >= 4 is 28.3 Å². The topological polar surface area (TPSA) is 43.9 Å². The first-order valence-electron chi connectivity index (χ1n) is 7.95. The van der Waals surface area contributed by atoms with Crippen LogP contribution in [0.3, 0.4) is 0 Å². The van der Waals surface area contributed by atoms with Gasteiger partial charge < -0.3 is 9.80 Å². The fourth-order valence-electron chi connectivity index (χ4n) is 3.43. The number of rotatable bonds is 2. The van der Waals surface area contributed by atoms with Crippen molar-refractivity contribution in [2.45, 2.75) is 0 Å². The number of carbonyl (C=O) groups is 2. The molecule has 1 fully saturated rings. The van der Waals surface area contributed by atoms with Gasteiger partial charge in [-0.15, -0.1) is 0 Å². The predicted octanol–water partition coefficient (Wildman–Crippen LogP) is 1.57. The van der Waals surface area contributed by atoms with Crippen molar-refractivity contribution in [1.29, 1.82) is 0 Å². The highest BCUT2D eigenvalue weighted by molar-refractivity contribution is 6.26. The van der Waals surface area contributed by atoms with Crippen molar-refractivity contribution in [3.63, 3.8) is 0 Å². The van der Waals surface area contributed by atoms with Gasteiger partial charge in [0.05, 0.1) is 5.69 Å². The Kier molecular flexibility index (Phi) is 3.31. The van der Waals surface area contributed by atoms with E-state index in [4.69, 9.17) is 0 Å². The van der Waals surface area contributed by atoms with Crippen LogP contribution in [0, 0.1) is 0 Å². The van der Waals surface area contributed by atoms with Gasteiger partial charge in [-0.2, -0.15) is 0 Å². The maximum absolute atomic E-state index is 12.7. The van der Waals surface area contributed by atoms with Crippen LogP contribution >= 0.6 is 0 Å². The van der Waals surface area contributed by atoms with Crippen molar-refractivity contribution in [3.05, 3.63) is 42.0 Å². The average molecular weight is 309 g/mol. The largest absolute Gasteiger partial charge is 0.339 e. The highest BCUT2D eigenvalue weighted by atomic mass is 16.2. The second kappa shape index (κ2) is 5.35. The van der Waals surface area contributed by atoms with Gasteiger partial charge in [-0.05, 0) is 24.6 Å². The summed E-state index contributed by atoms with van der Waals surface area (Å²) >= 11 is 0. The van der Waals surface area contributed by atoms with E-state index in [1.807, 2.05) is 41.3 Å². The van der Waals surface area contributed by atoms with E-state index >= 15 is 0 Å². The number of amides is 2. The highest BCUT2D eigenvalue weighted by Crippen LogP contribution is 2.36. The fraction of sp³-hybridized carbons (Fsp3) is 0.333. The minimum atomic E-state index is -0.0701. The third kappa shape index (κ3) is 2.28. The molecule has 2 heterocycles. The number of anilines is 1. The summed E-state index contributed by atoms with van der Waals surface area (Å²) in [5, 5.41) is 2.01. The molecular formula is C18H19N3O2. The molecule has 2 aromatic carbocycles. The molecule has 5 nitrogen and oxygen atoms in total. The minimum Gasteiger partial charge on any atom is -0.339 e. The van der Waals surface area contributed by atoms with E-state index in [0.717, 1.165) is 42.6 Å². The van der Waals surface area contributed by atoms with Gasteiger partial charge in [-0.1, -0.05) is 24.3 Å². The summed E-state index contributed by atoms with van der Waals surface area (Å²) in [6, 6.07) is 11.6. The molecule has 0 saturated carbocycles. The lowest BCUT2D eigenvalue weighted by Crippen LogP contribution is -2.50. The first-order chi connectivity index (χ1) is 11.1. The molecule has 5 heteroatoms. The summed E-state index contributed by atoms with van der Waals surface area (Å²) in [7, 11) is 2.06.